The second-order valence-electron chi connectivity index (χ2n) is 8.44. The van der Waals surface area contributed by atoms with E-state index >= 15 is 0 Å². The lowest BCUT2D eigenvalue weighted by Gasteiger charge is -2.22. The zero-order chi connectivity index (χ0) is 22.0. The Balaban J connectivity index is 1.15. The average molecular weight is 437 g/mol. The van der Waals surface area contributed by atoms with E-state index in [1.807, 2.05) is 9.80 Å². The highest BCUT2D eigenvalue weighted by Gasteiger charge is 2.52. The van der Waals surface area contributed by atoms with Gasteiger partial charge in [-0.1, -0.05) is 0 Å². The van der Waals surface area contributed by atoms with Crippen molar-refractivity contribution in [3.63, 3.8) is 0 Å². The maximum Gasteiger partial charge on any atom is 0.410 e. The molecule has 2 saturated heterocycles. The molecule has 0 spiro atoms. The third kappa shape index (κ3) is 3.12. The average Bonchev–Trinajstić information content (AvgIpc) is 3.27. The lowest BCUT2D eigenvalue weighted by molar-refractivity contribution is 0.102. The number of carbonyl (C=O) groups excluding carboxylic acids is 2. The molecular formula is C21H20FN7O3. The first-order valence-electron chi connectivity index (χ1n) is 10.5. The Kier molecular flexibility index (Phi) is 4.07. The van der Waals surface area contributed by atoms with Crippen LogP contribution in [0, 0.1) is 12.7 Å². The van der Waals surface area contributed by atoms with Gasteiger partial charge in [0, 0.05) is 31.0 Å². The summed E-state index contributed by atoms with van der Waals surface area (Å²) >= 11 is 0. The highest BCUT2D eigenvalue weighted by atomic mass is 19.1. The summed E-state index contributed by atoms with van der Waals surface area (Å²) in [6.45, 7) is 2.93. The third-order valence-electron chi connectivity index (χ3n) is 6.08. The van der Waals surface area contributed by atoms with E-state index in [-0.39, 0.29) is 35.3 Å². The van der Waals surface area contributed by atoms with E-state index in [1.54, 1.807) is 19.3 Å². The van der Waals surface area contributed by atoms with Crippen molar-refractivity contribution in [3.05, 3.63) is 48.1 Å². The van der Waals surface area contributed by atoms with Gasteiger partial charge in [-0.15, -0.1) is 0 Å². The van der Waals surface area contributed by atoms with Crippen LogP contribution < -0.4 is 10.2 Å². The van der Waals surface area contributed by atoms with Gasteiger partial charge in [0.25, 0.3) is 5.91 Å². The number of hydrogen-bond acceptors (Lipinski definition) is 7. The Morgan fingerprint density at radius 1 is 1.22 bits per heavy atom. The fourth-order valence-corrected chi connectivity index (χ4v) is 4.47. The minimum absolute atomic E-state index is 0.0244. The zero-order valence-electron chi connectivity index (χ0n) is 17.2. The fraction of sp³-hybridized carbons (Fsp3) is 0.381. The van der Waals surface area contributed by atoms with Gasteiger partial charge in [0.2, 0.25) is 0 Å². The lowest BCUT2D eigenvalue weighted by atomic mass is 10.2. The molecule has 3 aromatic heterocycles. The van der Waals surface area contributed by atoms with Crippen LogP contribution in [-0.2, 0) is 4.74 Å². The number of nitrogens with zero attached hydrogens (tertiary/aromatic N) is 6. The van der Waals surface area contributed by atoms with Gasteiger partial charge in [0.15, 0.2) is 11.5 Å². The first-order chi connectivity index (χ1) is 15.5. The van der Waals surface area contributed by atoms with Crippen LogP contribution in [0.5, 0.6) is 0 Å². The summed E-state index contributed by atoms with van der Waals surface area (Å²) in [6, 6.07) is 1.54. The van der Waals surface area contributed by atoms with Crippen LogP contribution in [0.15, 0.2) is 30.9 Å². The Labute approximate surface area is 182 Å². The van der Waals surface area contributed by atoms with Crippen LogP contribution >= 0.6 is 0 Å². The molecule has 2 atom stereocenters. The highest BCUT2D eigenvalue weighted by molar-refractivity contribution is 6.02. The molecule has 1 saturated carbocycles. The van der Waals surface area contributed by atoms with Gasteiger partial charge in [0.05, 0.1) is 36.4 Å². The molecule has 3 aliphatic rings. The summed E-state index contributed by atoms with van der Waals surface area (Å²) in [5.74, 6) is -0.409. The van der Waals surface area contributed by atoms with Crippen LogP contribution in [0.25, 0.3) is 5.65 Å². The van der Waals surface area contributed by atoms with Gasteiger partial charge >= 0.3 is 6.09 Å². The molecule has 1 N–H and O–H groups in total. The minimum Gasteiger partial charge on any atom is -0.442 e. The van der Waals surface area contributed by atoms with E-state index < -0.39 is 11.7 Å². The number of nitrogens with one attached hydrogen (secondary N) is 1. The number of fused-ring (bicyclic) bond motifs is 2. The molecule has 3 aromatic rings. The third-order valence-corrected chi connectivity index (χ3v) is 6.08. The van der Waals surface area contributed by atoms with Crippen LogP contribution in [0.1, 0.15) is 29.0 Å². The zero-order valence-corrected chi connectivity index (χ0v) is 17.2. The molecule has 3 fully saturated rings. The Hall–Kier alpha value is -3.76. The number of anilines is 2. The maximum absolute atomic E-state index is 14.2. The van der Waals surface area contributed by atoms with E-state index in [9.17, 15) is 14.0 Å². The molecule has 2 aliphatic heterocycles. The van der Waals surface area contributed by atoms with Crippen molar-refractivity contribution in [1.29, 1.82) is 0 Å². The Morgan fingerprint density at radius 2 is 2.06 bits per heavy atom. The standard InChI is InChI=1S/C21H20FN7O3/c1-11-7-28-8-12(4-14(22)19(28)25-11)26-20(30)15-5-24-18(6-23-15)27-9-16-17(10-27)32-21(31)29(16)13-2-3-13/h4-8,13,16-17H,2-3,9-10H2,1H3,(H,26,30). The summed E-state index contributed by atoms with van der Waals surface area (Å²) in [5.41, 5.74) is 1.28. The Bertz CT molecular complexity index is 1240. The van der Waals surface area contributed by atoms with Crippen molar-refractivity contribution >= 4 is 29.2 Å². The van der Waals surface area contributed by atoms with Crippen LogP contribution in [0.3, 0.4) is 0 Å². The van der Waals surface area contributed by atoms with Crippen molar-refractivity contribution in [2.24, 2.45) is 0 Å². The molecule has 1 aliphatic carbocycles. The normalized spacial score (nSPS) is 22.4. The second-order valence-corrected chi connectivity index (χ2v) is 8.44. The lowest BCUT2D eigenvalue weighted by Crippen LogP contribution is -2.39. The molecule has 5 heterocycles. The smallest absolute Gasteiger partial charge is 0.410 e. The van der Waals surface area contributed by atoms with Gasteiger partial charge in [-0.2, -0.15) is 0 Å². The summed E-state index contributed by atoms with van der Waals surface area (Å²) in [4.78, 5) is 41.2. The van der Waals surface area contributed by atoms with Gasteiger partial charge in [-0.3, -0.25) is 9.69 Å². The number of pyridine rings is 1. The highest BCUT2D eigenvalue weighted by Crippen LogP contribution is 2.37. The van der Waals surface area contributed by atoms with Crippen molar-refractivity contribution in [2.45, 2.75) is 38.0 Å². The molecule has 10 nitrogen and oxygen atoms in total. The largest absolute Gasteiger partial charge is 0.442 e. The van der Waals surface area contributed by atoms with Crippen molar-refractivity contribution < 1.29 is 18.7 Å². The maximum atomic E-state index is 14.2. The minimum atomic E-state index is -0.530. The number of aromatic nitrogens is 4. The summed E-state index contributed by atoms with van der Waals surface area (Å²) in [6.07, 6.45) is 7.84. The van der Waals surface area contributed by atoms with E-state index in [0.29, 0.717) is 30.6 Å². The number of imidazole rings is 1. The number of amides is 2. The fourth-order valence-electron chi connectivity index (χ4n) is 4.47. The predicted octanol–water partition coefficient (Wildman–Crippen LogP) is 2.00. The second kappa shape index (κ2) is 6.87. The SMILES string of the molecule is Cc1cn2cc(NC(=O)c3cnc(N4CC5OC(=O)N(C6CC6)C5C4)cn3)cc(F)c2n1. The quantitative estimate of drug-likeness (QED) is 0.666. The first kappa shape index (κ1) is 19.0. The van der Waals surface area contributed by atoms with Crippen LogP contribution in [0.4, 0.5) is 20.7 Å². The summed E-state index contributed by atoms with van der Waals surface area (Å²) in [7, 11) is 0. The van der Waals surface area contributed by atoms with Crippen molar-refractivity contribution in [3.8, 4) is 0 Å². The molecular weight excluding hydrogens is 417 g/mol. The Morgan fingerprint density at radius 3 is 2.81 bits per heavy atom. The molecule has 6 rings (SSSR count). The predicted molar refractivity (Wildman–Crippen MR) is 111 cm³/mol. The molecule has 0 aromatic carbocycles. The molecule has 32 heavy (non-hydrogen) atoms. The van der Waals surface area contributed by atoms with Crippen LogP contribution in [0.2, 0.25) is 0 Å². The number of aryl methyl sites for hydroxylation is 1. The number of rotatable bonds is 4. The number of carbonyl (C=O) groups is 2. The number of halogens is 1. The van der Waals surface area contributed by atoms with Gasteiger partial charge in [-0.25, -0.2) is 24.1 Å². The van der Waals surface area contributed by atoms with E-state index in [2.05, 4.69) is 20.3 Å². The first-order valence-corrected chi connectivity index (χ1v) is 10.5. The van der Waals surface area contributed by atoms with Gasteiger partial charge < -0.3 is 19.4 Å². The molecule has 11 heteroatoms. The van der Waals surface area contributed by atoms with Crippen LogP contribution in [-0.4, -0.2) is 67.5 Å². The summed E-state index contributed by atoms with van der Waals surface area (Å²) < 4.78 is 21.3. The van der Waals surface area contributed by atoms with E-state index in [4.69, 9.17) is 4.74 Å². The van der Waals surface area contributed by atoms with Crippen molar-refractivity contribution in [1.82, 2.24) is 24.3 Å². The number of hydrogen-bond donors (Lipinski definition) is 1. The van der Waals surface area contributed by atoms with E-state index in [0.717, 1.165) is 12.8 Å². The van der Waals surface area contributed by atoms with E-state index in [1.165, 1.54) is 22.9 Å². The molecule has 0 radical (unpaired) electrons. The molecule has 164 valence electrons. The van der Waals surface area contributed by atoms with Gasteiger partial charge in [-0.05, 0) is 19.8 Å². The molecule has 2 unspecified atom stereocenters. The summed E-state index contributed by atoms with van der Waals surface area (Å²) in [5, 5.41) is 2.64. The molecule has 2 amide bonds. The van der Waals surface area contributed by atoms with Gasteiger partial charge in [0.1, 0.15) is 17.6 Å². The van der Waals surface area contributed by atoms with Crippen molar-refractivity contribution in [2.75, 3.05) is 23.3 Å². The molecule has 0 bridgehead atoms. The number of ether oxygens (including phenoxy) is 1. The topological polar surface area (TPSA) is 105 Å². The monoisotopic (exact) mass is 437 g/mol.